The van der Waals surface area contributed by atoms with Crippen molar-refractivity contribution in [2.75, 3.05) is 7.11 Å². The van der Waals surface area contributed by atoms with Crippen LogP contribution in [0.3, 0.4) is 0 Å². The Kier molecular flexibility index (Phi) is 1.52. The molecular formula is C11H18O. The lowest BCUT2D eigenvalue weighted by Crippen LogP contribution is -2.29. The highest BCUT2D eigenvalue weighted by atomic mass is 16.5. The van der Waals surface area contributed by atoms with Gasteiger partial charge in [-0.15, -0.1) is 0 Å². The fraction of sp³-hybridized carbons (Fsp3) is 1.00. The van der Waals surface area contributed by atoms with Gasteiger partial charge in [-0.25, -0.2) is 0 Å². The summed E-state index contributed by atoms with van der Waals surface area (Å²) in [5, 5.41) is 0. The zero-order valence-electron chi connectivity index (χ0n) is 7.83. The van der Waals surface area contributed by atoms with E-state index in [0.717, 1.165) is 23.7 Å². The Morgan fingerprint density at radius 1 is 1.00 bits per heavy atom. The van der Waals surface area contributed by atoms with Crippen LogP contribution in [0, 0.1) is 23.7 Å². The number of ether oxygens (including phenoxy) is 1. The molecule has 2 bridgehead atoms. The van der Waals surface area contributed by atoms with Crippen molar-refractivity contribution in [3.8, 4) is 0 Å². The van der Waals surface area contributed by atoms with Crippen molar-refractivity contribution in [1.29, 1.82) is 0 Å². The van der Waals surface area contributed by atoms with Crippen molar-refractivity contribution in [1.82, 2.24) is 0 Å². The molecule has 1 heteroatoms. The second-order valence-electron chi connectivity index (χ2n) is 4.93. The van der Waals surface area contributed by atoms with Crippen LogP contribution >= 0.6 is 0 Å². The lowest BCUT2D eigenvalue weighted by Gasteiger charge is -2.30. The van der Waals surface area contributed by atoms with Crippen molar-refractivity contribution in [2.45, 2.75) is 38.2 Å². The number of rotatable bonds is 1. The van der Waals surface area contributed by atoms with E-state index in [-0.39, 0.29) is 0 Å². The van der Waals surface area contributed by atoms with Gasteiger partial charge in [0.05, 0.1) is 6.10 Å². The Hall–Kier alpha value is -0.0400. The van der Waals surface area contributed by atoms with E-state index in [9.17, 15) is 0 Å². The van der Waals surface area contributed by atoms with Gasteiger partial charge < -0.3 is 4.74 Å². The first-order chi connectivity index (χ1) is 5.90. The van der Waals surface area contributed by atoms with E-state index < -0.39 is 0 Å². The maximum atomic E-state index is 5.55. The molecule has 3 fully saturated rings. The van der Waals surface area contributed by atoms with Crippen LogP contribution in [0.5, 0.6) is 0 Å². The third-order valence-electron chi connectivity index (χ3n) is 4.67. The summed E-state index contributed by atoms with van der Waals surface area (Å²) in [5.41, 5.74) is 0. The molecule has 0 radical (unpaired) electrons. The highest BCUT2D eigenvalue weighted by Gasteiger charge is 2.53. The van der Waals surface area contributed by atoms with Crippen molar-refractivity contribution < 1.29 is 4.74 Å². The molecule has 0 heterocycles. The van der Waals surface area contributed by atoms with Gasteiger partial charge in [0.2, 0.25) is 0 Å². The fourth-order valence-corrected chi connectivity index (χ4v) is 4.28. The Labute approximate surface area is 74.5 Å². The molecule has 0 saturated heterocycles. The van der Waals surface area contributed by atoms with Crippen molar-refractivity contribution in [3.63, 3.8) is 0 Å². The summed E-state index contributed by atoms with van der Waals surface area (Å²) in [6, 6.07) is 0. The molecule has 12 heavy (non-hydrogen) atoms. The molecule has 0 spiro atoms. The first kappa shape index (κ1) is 7.37. The van der Waals surface area contributed by atoms with Crippen LogP contribution in [-0.2, 0) is 4.74 Å². The topological polar surface area (TPSA) is 9.23 Å². The predicted molar refractivity (Wildman–Crippen MR) is 47.8 cm³/mol. The summed E-state index contributed by atoms with van der Waals surface area (Å²) < 4.78 is 5.55. The molecule has 0 aliphatic heterocycles. The van der Waals surface area contributed by atoms with Gasteiger partial charge >= 0.3 is 0 Å². The van der Waals surface area contributed by atoms with E-state index in [2.05, 4.69) is 0 Å². The van der Waals surface area contributed by atoms with Gasteiger partial charge in [-0.3, -0.25) is 0 Å². The molecule has 3 aliphatic carbocycles. The van der Waals surface area contributed by atoms with Crippen LogP contribution in [0.1, 0.15) is 32.1 Å². The minimum Gasteiger partial charge on any atom is -0.381 e. The summed E-state index contributed by atoms with van der Waals surface area (Å²) >= 11 is 0. The maximum Gasteiger partial charge on any atom is 0.0605 e. The van der Waals surface area contributed by atoms with Crippen LogP contribution in [0.15, 0.2) is 0 Å². The molecule has 1 nitrogen and oxygen atoms in total. The third kappa shape index (κ3) is 0.783. The van der Waals surface area contributed by atoms with Gasteiger partial charge in [0, 0.05) is 7.11 Å². The Balaban J connectivity index is 1.83. The zero-order chi connectivity index (χ0) is 8.13. The van der Waals surface area contributed by atoms with Gasteiger partial charge in [-0.05, 0) is 49.4 Å². The molecular weight excluding hydrogens is 148 g/mol. The SMILES string of the molecule is COC1CC2CC1C1CCCC21. The second kappa shape index (κ2) is 2.47. The number of hydrogen-bond acceptors (Lipinski definition) is 1. The Bertz CT molecular complexity index is 187. The molecule has 3 saturated carbocycles. The maximum absolute atomic E-state index is 5.55. The molecule has 68 valence electrons. The predicted octanol–water partition coefficient (Wildman–Crippen LogP) is 2.46. The molecule has 0 aromatic carbocycles. The number of hydrogen-bond donors (Lipinski definition) is 0. The van der Waals surface area contributed by atoms with Gasteiger partial charge in [0.25, 0.3) is 0 Å². The molecule has 5 atom stereocenters. The Morgan fingerprint density at radius 3 is 2.67 bits per heavy atom. The molecule has 0 aromatic heterocycles. The first-order valence-electron chi connectivity index (χ1n) is 5.43. The number of fused-ring (bicyclic) bond motifs is 5. The van der Waals surface area contributed by atoms with E-state index in [4.69, 9.17) is 4.74 Å². The third-order valence-corrected chi connectivity index (χ3v) is 4.67. The highest BCUT2D eigenvalue weighted by Crippen LogP contribution is 2.59. The van der Waals surface area contributed by atoms with Crippen LogP contribution in [0.25, 0.3) is 0 Å². The standard InChI is InChI=1S/C11H18O/c1-12-11-6-7-5-10(11)9-4-2-3-8(7)9/h7-11H,2-6H2,1H3. The first-order valence-corrected chi connectivity index (χ1v) is 5.43. The quantitative estimate of drug-likeness (QED) is 0.581. The van der Waals surface area contributed by atoms with Gasteiger partial charge in [-0.1, -0.05) is 6.42 Å². The largest absolute Gasteiger partial charge is 0.381 e. The summed E-state index contributed by atoms with van der Waals surface area (Å²) in [7, 11) is 1.90. The molecule has 3 aliphatic rings. The second-order valence-corrected chi connectivity index (χ2v) is 4.93. The molecule has 0 N–H and O–H groups in total. The normalized spacial score (nSPS) is 56.2. The molecule has 5 unspecified atom stereocenters. The van der Waals surface area contributed by atoms with E-state index >= 15 is 0 Å². The van der Waals surface area contributed by atoms with Gasteiger partial charge in [0.1, 0.15) is 0 Å². The van der Waals surface area contributed by atoms with Gasteiger partial charge in [0.15, 0.2) is 0 Å². The zero-order valence-corrected chi connectivity index (χ0v) is 7.83. The van der Waals surface area contributed by atoms with Crippen LogP contribution in [-0.4, -0.2) is 13.2 Å². The minimum absolute atomic E-state index is 0.634. The Morgan fingerprint density at radius 2 is 1.83 bits per heavy atom. The monoisotopic (exact) mass is 166 g/mol. The molecule has 0 aromatic rings. The average Bonchev–Trinajstić information content (AvgIpc) is 2.75. The minimum atomic E-state index is 0.634. The van der Waals surface area contributed by atoms with Gasteiger partial charge in [-0.2, -0.15) is 0 Å². The van der Waals surface area contributed by atoms with Crippen LogP contribution in [0.2, 0.25) is 0 Å². The summed E-state index contributed by atoms with van der Waals surface area (Å²) in [5.74, 6) is 4.18. The average molecular weight is 166 g/mol. The van der Waals surface area contributed by atoms with E-state index in [0.29, 0.717) is 6.10 Å². The highest BCUT2D eigenvalue weighted by molar-refractivity contribution is 5.03. The summed E-state index contributed by atoms with van der Waals surface area (Å²) in [4.78, 5) is 0. The van der Waals surface area contributed by atoms with E-state index in [1.807, 2.05) is 7.11 Å². The van der Waals surface area contributed by atoms with Crippen molar-refractivity contribution >= 4 is 0 Å². The summed E-state index contributed by atoms with van der Waals surface area (Å²) in [6.07, 6.45) is 8.04. The summed E-state index contributed by atoms with van der Waals surface area (Å²) in [6.45, 7) is 0. The number of methoxy groups -OCH3 is 1. The lowest BCUT2D eigenvalue weighted by molar-refractivity contribution is 0.0224. The van der Waals surface area contributed by atoms with E-state index in [1.54, 1.807) is 0 Å². The van der Waals surface area contributed by atoms with Crippen molar-refractivity contribution in [2.24, 2.45) is 23.7 Å². The lowest BCUT2D eigenvalue weighted by atomic mass is 9.80. The fourth-order valence-electron chi connectivity index (χ4n) is 4.28. The smallest absolute Gasteiger partial charge is 0.0605 e. The van der Waals surface area contributed by atoms with Crippen LogP contribution < -0.4 is 0 Å². The van der Waals surface area contributed by atoms with Crippen molar-refractivity contribution in [3.05, 3.63) is 0 Å². The van der Waals surface area contributed by atoms with E-state index in [1.165, 1.54) is 32.1 Å². The molecule has 0 amide bonds. The van der Waals surface area contributed by atoms with Crippen LogP contribution in [0.4, 0.5) is 0 Å². The molecule has 3 rings (SSSR count).